The van der Waals surface area contributed by atoms with Gasteiger partial charge in [0.25, 0.3) is 0 Å². The summed E-state index contributed by atoms with van der Waals surface area (Å²) in [5.41, 5.74) is -0.502. The van der Waals surface area contributed by atoms with E-state index in [9.17, 15) is 9.59 Å². The van der Waals surface area contributed by atoms with Gasteiger partial charge in [0.05, 0.1) is 25.0 Å². The number of hydrogen-bond acceptors (Lipinski definition) is 4. The third-order valence-electron chi connectivity index (χ3n) is 3.69. The van der Waals surface area contributed by atoms with Gasteiger partial charge in [-0.25, -0.2) is 0 Å². The largest absolute Gasteiger partial charge is 0.460 e. The molecule has 2 heterocycles. The predicted molar refractivity (Wildman–Crippen MR) is 73.8 cm³/mol. The topological polar surface area (TPSA) is 55.8 Å². The first-order chi connectivity index (χ1) is 9.19. The van der Waals surface area contributed by atoms with Crippen molar-refractivity contribution in [2.45, 2.75) is 65.3 Å². The molecule has 0 N–H and O–H groups in total. The molecule has 0 saturated carbocycles. The maximum Gasteiger partial charge on any atom is 0.307 e. The molecule has 2 fully saturated rings. The Morgan fingerprint density at radius 1 is 1.45 bits per heavy atom. The van der Waals surface area contributed by atoms with Crippen molar-refractivity contribution in [3.05, 3.63) is 0 Å². The number of amides is 1. The molecule has 1 amide bonds. The number of fused-ring (bicyclic) bond motifs is 1. The van der Waals surface area contributed by atoms with E-state index in [1.54, 1.807) is 0 Å². The molecular weight excluding hydrogens is 258 g/mol. The average Bonchev–Trinajstić information content (AvgIpc) is 2.78. The Kier molecular flexibility index (Phi) is 4.09. The molecule has 0 aliphatic carbocycles. The highest BCUT2D eigenvalue weighted by atomic mass is 16.6. The van der Waals surface area contributed by atoms with Crippen LogP contribution in [-0.4, -0.2) is 41.3 Å². The van der Waals surface area contributed by atoms with E-state index < -0.39 is 5.60 Å². The number of hydrogen-bond donors (Lipinski definition) is 0. The standard InChI is InChI=1S/C15H25NO4/c1-9(2)14-16-11(8-19-14)6-10(13(16)18)7-12(17)20-15(3,4)5/h9-11,14H,6-8H2,1-5H3/t10-,11-,14+/m0/s1. The van der Waals surface area contributed by atoms with E-state index in [2.05, 4.69) is 0 Å². The van der Waals surface area contributed by atoms with Gasteiger partial charge in [-0.3, -0.25) is 9.59 Å². The first kappa shape index (κ1) is 15.3. The molecule has 3 atom stereocenters. The van der Waals surface area contributed by atoms with Gasteiger partial charge in [-0.15, -0.1) is 0 Å². The first-order valence-electron chi connectivity index (χ1n) is 7.34. The summed E-state index contributed by atoms with van der Waals surface area (Å²) < 4.78 is 11.0. The minimum Gasteiger partial charge on any atom is -0.460 e. The van der Waals surface area contributed by atoms with Gasteiger partial charge in [0.15, 0.2) is 0 Å². The van der Waals surface area contributed by atoms with Crippen molar-refractivity contribution in [1.29, 1.82) is 0 Å². The van der Waals surface area contributed by atoms with Gasteiger partial charge in [-0.05, 0) is 33.1 Å². The van der Waals surface area contributed by atoms with Crippen molar-refractivity contribution in [1.82, 2.24) is 4.90 Å². The van der Waals surface area contributed by atoms with E-state index in [4.69, 9.17) is 9.47 Å². The van der Waals surface area contributed by atoms with Crippen LogP contribution >= 0.6 is 0 Å². The second-order valence-corrected chi connectivity index (χ2v) is 7.09. The van der Waals surface area contributed by atoms with Crippen LogP contribution in [0, 0.1) is 11.8 Å². The Labute approximate surface area is 120 Å². The second kappa shape index (κ2) is 5.35. The molecule has 20 heavy (non-hydrogen) atoms. The third kappa shape index (κ3) is 3.14. The van der Waals surface area contributed by atoms with Gasteiger partial charge in [-0.1, -0.05) is 13.8 Å². The zero-order valence-corrected chi connectivity index (χ0v) is 13.0. The fraction of sp³-hybridized carbons (Fsp3) is 0.867. The molecule has 2 rings (SSSR count). The Hall–Kier alpha value is -1.10. The molecule has 5 nitrogen and oxygen atoms in total. The number of esters is 1. The minimum atomic E-state index is -0.502. The lowest BCUT2D eigenvalue weighted by Crippen LogP contribution is -2.40. The van der Waals surface area contributed by atoms with Crippen LogP contribution < -0.4 is 0 Å². The molecule has 0 aromatic heterocycles. The molecule has 0 radical (unpaired) electrons. The number of carbonyl (C=O) groups excluding carboxylic acids is 2. The van der Waals surface area contributed by atoms with Crippen LogP contribution in [0.5, 0.6) is 0 Å². The van der Waals surface area contributed by atoms with E-state index in [1.807, 2.05) is 39.5 Å². The number of carbonyl (C=O) groups is 2. The van der Waals surface area contributed by atoms with Crippen LogP contribution in [0.4, 0.5) is 0 Å². The number of nitrogens with zero attached hydrogens (tertiary/aromatic N) is 1. The van der Waals surface area contributed by atoms with Gasteiger partial charge in [0.1, 0.15) is 11.8 Å². The van der Waals surface area contributed by atoms with Crippen molar-refractivity contribution >= 4 is 11.9 Å². The average molecular weight is 283 g/mol. The lowest BCUT2D eigenvalue weighted by molar-refractivity contribution is -0.158. The molecular formula is C15H25NO4. The molecule has 2 aliphatic heterocycles. The Morgan fingerprint density at radius 3 is 2.65 bits per heavy atom. The fourth-order valence-corrected chi connectivity index (χ4v) is 2.97. The van der Waals surface area contributed by atoms with Crippen LogP contribution in [-0.2, 0) is 19.1 Å². The second-order valence-electron chi connectivity index (χ2n) is 7.09. The van der Waals surface area contributed by atoms with Crippen molar-refractivity contribution in [3.63, 3.8) is 0 Å². The van der Waals surface area contributed by atoms with Crippen molar-refractivity contribution in [2.75, 3.05) is 6.61 Å². The van der Waals surface area contributed by atoms with Gasteiger partial charge < -0.3 is 14.4 Å². The lowest BCUT2D eigenvalue weighted by Gasteiger charge is -2.26. The maximum atomic E-state index is 12.4. The molecule has 0 bridgehead atoms. The fourth-order valence-electron chi connectivity index (χ4n) is 2.97. The zero-order valence-electron chi connectivity index (χ0n) is 13.0. The Morgan fingerprint density at radius 2 is 2.10 bits per heavy atom. The molecule has 0 aromatic rings. The van der Waals surface area contributed by atoms with E-state index in [1.165, 1.54) is 0 Å². The lowest BCUT2D eigenvalue weighted by atomic mass is 10.0. The monoisotopic (exact) mass is 283 g/mol. The molecule has 0 spiro atoms. The molecule has 0 unspecified atom stereocenters. The Balaban J connectivity index is 1.97. The van der Waals surface area contributed by atoms with Crippen molar-refractivity contribution < 1.29 is 19.1 Å². The minimum absolute atomic E-state index is 0.0389. The smallest absolute Gasteiger partial charge is 0.307 e. The van der Waals surface area contributed by atoms with Crippen LogP contribution in [0.25, 0.3) is 0 Å². The quantitative estimate of drug-likeness (QED) is 0.743. The summed E-state index contributed by atoms with van der Waals surface area (Å²) in [6, 6.07) is 0.127. The molecule has 5 heteroatoms. The summed E-state index contributed by atoms with van der Waals surface area (Å²) >= 11 is 0. The van der Waals surface area contributed by atoms with Crippen LogP contribution in [0.15, 0.2) is 0 Å². The highest BCUT2D eigenvalue weighted by Crippen LogP contribution is 2.36. The van der Waals surface area contributed by atoms with Gasteiger partial charge >= 0.3 is 5.97 Å². The van der Waals surface area contributed by atoms with Gasteiger partial charge in [-0.2, -0.15) is 0 Å². The van der Waals surface area contributed by atoms with Crippen LogP contribution in [0.2, 0.25) is 0 Å². The van der Waals surface area contributed by atoms with Crippen LogP contribution in [0.3, 0.4) is 0 Å². The summed E-state index contributed by atoms with van der Waals surface area (Å²) in [5.74, 6) is -0.236. The van der Waals surface area contributed by atoms with E-state index >= 15 is 0 Å². The molecule has 2 saturated heterocycles. The SMILES string of the molecule is CC(C)[C@H]1OC[C@@H]2C[C@@H](CC(=O)OC(C)(C)C)C(=O)N21. The number of rotatable bonds is 3. The summed E-state index contributed by atoms with van der Waals surface area (Å²) in [4.78, 5) is 26.1. The van der Waals surface area contributed by atoms with Crippen LogP contribution in [0.1, 0.15) is 47.5 Å². The maximum absolute atomic E-state index is 12.4. The summed E-state index contributed by atoms with van der Waals surface area (Å²) in [6.07, 6.45) is 0.728. The predicted octanol–water partition coefficient (Wildman–Crippen LogP) is 1.95. The van der Waals surface area contributed by atoms with E-state index in [0.29, 0.717) is 13.0 Å². The number of ether oxygens (including phenoxy) is 2. The van der Waals surface area contributed by atoms with Crippen molar-refractivity contribution in [3.8, 4) is 0 Å². The summed E-state index contributed by atoms with van der Waals surface area (Å²) in [6.45, 7) is 10.2. The Bertz CT molecular complexity index is 399. The zero-order chi connectivity index (χ0) is 15.1. The highest BCUT2D eigenvalue weighted by molar-refractivity contribution is 5.86. The van der Waals surface area contributed by atoms with E-state index in [-0.39, 0.29) is 42.4 Å². The first-order valence-corrected chi connectivity index (χ1v) is 7.34. The molecule has 0 aromatic carbocycles. The van der Waals surface area contributed by atoms with E-state index in [0.717, 1.165) is 0 Å². The molecule has 2 aliphatic rings. The third-order valence-corrected chi connectivity index (χ3v) is 3.69. The highest BCUT2D eigenvalue weighted by Gasteiger charge is 2.49. The molecule has 114 valence electrons. The summed E-state index contributed by atoms with van der Waals surface area (Å²) in [5, 5.41) is 0. The van der Waals surface area contributed by atoms with Gasteiger partial charge in [0.2, 0.25) is 5.91 Å². The summed E-state index contributed by atoms with van der Waals surface area (Å²) in [7, 11) is 0. The normalized spacial score (nSPS) is 30.0. The van der Waals surface area contributed by atoms with Crippen molar-refractivity contribution in [2.24, 2.45) is 11.8 Å². The van der Waals surface area contributed by atoms with Gasteiger partial charge in [0, 0.05) is 0 Å².